The molecule has 140 valence electrons. The van der Waals surface area contributed by atoms with Crippen molar-refractivity contribution < 1.29 is 13.9 Å². The van der Waals surface area contributed by atoms with Gasteiger partial charge in [-0.15, -0.1) is 0 Å². The molecule has 0 saturated carbocycles. The van der Waals surface area contributed by atoms with Gasteiger partial charge in [-0.1, -0.05) is 32.0 Å². The predicted molar refractivity (Wildman–Crippen MR) is 101 cm³/mol. The second-order valence-electron chi connectivity index (χ2n) is 6.56. The van der Waals surface area contributed by atoms with Crippen LogP contribution in [0.3, 0.4) is 0 Å². The lowest BCUT2D eigenvalue weighted by Crippen LogP contribution is -2.28. The lowest BCUT2D eigenvalue weighted by Gasteiger charge is -2.09. The molecule has 0 aliphatic heterocycles. The van der Waals surface area contributed by atoms with E-state index in [0.717, 1.165) is 0 Å². The number of H-pyrrole nitrogens is 1. The first-order valence-corrected chi connectivity index (χ1v) is 8.59. The van der Waals surface area contributed by atoms with Gasteiger partial charge in [-0.05, 0) is 18.1 Å². The van der Waals surface area contributed by atoms with Crippen LogP contribution in [0.5, 0.6) is 5.75 Å². The molecule has 0 fully saturated rings. The fourth-order valence-electron chi connectivity index (χ4n) is 2.46. The zero-order valence-corrected chi connectivity index (χ0v) is 15.1. The number of benzene rings is 1. The van der Waals surface area contributed by atoms with E-state index in [1.807, 2.05) is 13.8 Å². The monoisotopic (exact) mass is 368 g/mol. The summed E-state index contributed by atoms with van der Waals surface area (Å²) >= 11 is 0. The van der Waals surface area contributed by atoms with Crippen LogP contribution in [-0.4, -0.2) is 17.5 Å². The molecule has 0 radical (unpaired) electrons. The SMILES string of the molecule is CC(C)COc1c[nH]c(CNC(=O)c2cc3ccccc3oc2=O)cc1=O. The summed E-state index contributed by atoms with van der Waals surface area (Å²) in [5, 5.41) is 3.26. The van der Waals surface area contributed by atoms with E-state index >= 15 is 0 Å². The number of nitrogens with one attached hydrogen (secondary N) is 2. The first-order valence-electron chi connectivity index (χ1n) is 8.59. The zero-order valence-electron chi connectivity index (χ0n) is 15.1. The summed E-state index contributed by atoms with van der Waals surface area (Å²) in [6.07, 6.45) is 1.47. The van der Waals surface area contributed by atoms with Gasteiger partial charge in [0.15, 0.2) is 5.75 Å². The highest BCUT2D eigenvalue weighted by Gasteiger charge is 2.14. The number of aromatic nitrogens is 1. The number of rotatable bonds is 6. The van der Waals surface area contributed by atoms with Crippen LogP contribution < -0.4 is 21.1 Å². The summed E-state index contributed by atoms with van der Waals surface area (Å²) in [6, 6.07) is 9.79. The molecule has 2 aromatic heterocycles. The third-order valence-electron chi connectivity index (χ3n) is 3.83. The largest absolute Gasteiger partial charge is 0.488 e. The predicted octanol–water partition coefficient (Wildman–Crippen LogP) is 2.45. The quantitative estimate of drug-likeness (QED) is 0.651. The zero-order chi connectivity index (χ0) is 19.4. The minimum absolute atomic E-state index is 0.0603. The average molecular weight is 368 g/mol. The fraction of sp³-hybridized carbons (Fsp3) is 0.250. The summed E-state index contributed by atoms with van der Waals surface area (Å²) in [5.74, 6) is -0.0403. The Morgan fingerprint density at radius 1 is 1.22 bits per heavy atom. The number of hydrogen-bond acceptors (Lipinski definition) is 5. The van der Waals surface area contributed by atoms with E-state index in [-0.39, 0.29) is 23.3 Å². The van der Waals surface area contributed by atoms with Crippen LogP contribution in [0, 0.1) is 5.92 Å². The molecule has 2 heterocycles. The fourth-order valence-corrected chi connectivity index (χ4v) is 2.46. The number of carbonyl (C=O) groups excluding carboxylic acids is 1. The van der Waals surface area contributed by atoms with E-state index < -0.39 is 11.5 Å². The van der Waals surface area contributed by atoms with Gasteiger partial charge in [0.1, 0.15) is 11.1 Å². The Morgan fingerprint density at radius 2 is 2.00 bits per heavy atom. The number of para-hydroxylation sites is 1. The van der Waals surface area contributed by atoms with E-state index in [0.29, 0.717) is 29.2 Å². The van der Waals surface area contributed by atoms with Crippen LogP contribution in [0.2, 0.25) is 0 Å². The van der Waals surface area contributed by atoms with Crippen LogP contribution in [-0.2, 0) is 6.54 Å². The lowest BCUT2D eigenvalue weighted by molar-refractivity contribution is 0.0947. The molecule has 0 spiro atoms. The van der Waals surface area contributed by atoms with Crippen molar-refractivity contribution >= 4 is 16.9 Å². The molecule has 0 aliphatic rings. The highest BCUT2D eigenvalue weighted by Crippen LogP contribution is 2.12. The van der Waals surface area contributed by atoms with Gasteiger partial charge in [0.25, 0.3) is 5.91 Å². The molecule has 0 aliphatic carbocycles. The summed E-state index contributed by atoms with van der Waals surface area (Å²) in [4.78, 5) is 39.3. The molecule has 3 aromatic rings. The number of fused-ring (bicyclic) bond motifs is 1. The first kappa shape index (κ1) is 18.4. The van der Waals surface area contributed by atoms with Crippen LogP contribution in [0.25, 0.3) is 11.0 Å². The Bertz CT molecular complexity index is 1080. The molecule has 27 heavy (non-hydrogen) atoms. The van der Waals surface area contributed by atoms with Crippen molar-refractivity contribution in [1.29, 1.82) is 0 Å². The van der Waals surface area contributed by atoms with Crippen molar-refractivity contribution in [1.82, 2.24) is 10.3 Å². The Balaban J connectivity index is 1.71. The highest BCUT2D eigenvalue weighted by molar-refractivity contribution is 5.96. The Kier molecular flexibility index (Phi) is 5.40. The topological polar surface area (TPSA) is 101 Å². The van der Waals surface area contributed by atoms with Crippen LogP contribution in [0.1, 0.15) is 29.9 Å². The van der Waals surface area contributed by atoms with Crippen molar-refractivity contribution in [3.8, 4) is 5.75 Å². The molecule has 3 rings (SSSR count). The summed E-state index contributed by atoms with van der Waals surface area (Å²) in [6.45, 7) is 4.48. The molecule has 0 bridgehead atoms. The molecule has 0 atom stereocenters. The van der Waals surface area contributed by atoms with Crippen molar-refractivity contribution in [3.05, 3.63) is 74.5 Å². The van der Waals surface area contributed by atoms with Crippen molar-refractivity contribution in [2.24, 2.45) is 5.92 Å². The van der Waals surface area contributed by atoms with Gasteiger partial charge in [-0.25, -0.2) is 4.79 Å². The minimum Gasteiger partial charge on any atom is -0.488 e. The Labute approximate surface area is 155 Å². The van der Waals surface area contributed by atoms with Crippen LogP contribution in [0.15, 0.2) is 56.6 Å². The molecule has 1 amide bonds. The number of hydrogen-bond donors (Lipinski definition) is 2. The average Bonchev–Trinajstić information content (AvgIpc) is 2.64. The van der Waals surface area contributed by atoms with E-state index in [1.165, 1.54) is 18.3 Å². The second kappa shape index (κ2) is 7.90. The van der Waals surface area contributed by atoms with Gasteiger partial charge >= 0.3 is 5.63 Å². The van der Waals surface area contributed by atoms with E-state index in [9.17, 15) is 14.4 Å². The molecular weight excluding hydrogens is 348 g/mol. The number of pyridine rings is 1. The van der Waals surface area contributed by atoms with Crippen LogP contribution in [0.4, 0.5) is 0 Å². The smallest absolute Gasteiger partial charge is 0.349 e. The van der Waals surface area contributed by atoms with Gasteiger partial charge < -0.3 is 19.5 Å². The lowest BCUT2D eigenvalue weighted by atomic mass is 10.2. The molecule has 7 nitrogen and oxygen atoms in total. The molecular formula is C20H20N2O5. The first-order chi connectivity index (χ1) is 12.9. The van der Waals surface area contributed by atoms with Crippen molar-refractivity contribution in [3.63, 3.8) is 0 Å². The minimum atomic E-state index is -0.711. The molecule has 0 saturated heterocycles. The van der Waals surface area contributed by atoms with Crippen molar-refractivity contribution in [2.75, 3.05) is 6.61 Å². The van der Waals surface area contributed by atoms with Gasteiger partial charge in [0.2, 0.25) is 5.43 Å². The van der Waals surface area contributed by atoms with E-state index in [1.54, 1.807) is 24.3 Å². The number of ether oxygens (including phenoxy) is 1. The maximum absolute atomic E-state index is 12.3. The standard InChI is InChI=1S/C20H20N2O5/c1-12(2)11-26-18-10-21-14(8-16(18)23)9-22-19(24)15-7-13-5-3-4-6-17(13)27-20(15)25/h3-8,10,12H,9,11H2,1-2H3,(H,21,23)(H,22,24). The third-order valence-corrected chi connectivity index (χ3v) is 3.83. The molecule has 7 heteroatoms. The maximum Gasteiger partial charge on any atom is 0.349 e. The molecule has 1 aromatic carbocycles. The highest BCUT2D eigenvalue weighted by atomic mass is 16.5. The van der Waals surface area contributed by atoms with Crippen molar-refractivity contribution in [2.45, 2.75) is 20.4 Å². The van der Waals surface area contributed by atoms with Gasteiger partial charge in [0.05, 0.1) is 13.2 Å². The third kappa shape index (κ3) is 4.44. The van der Waals surface area contributed by atoms with Gasteiger partial charge in [-0.3, -0.25) is 9.59 Å². The summed E-state index contributed by atoms with van der Waals surface area (Å²) in [5.41, 5.74) is -0.162. The number of amides is 1. The number of aromatic amines is 1. The Morgan fingerprint density at radius 3 is 2.74 bits per heavy atom. The van der Waals surface area contributed by atoms with E-state index in [2.05, 4.69) is 10.3 Å². The van der Waals surface area contributed by atoms with Gasteiger partial charge in [-0.2, -0.15) is 0 Å². The van der Waals surface area contributed by atoms with Crippen LogP contribution >= 0.6 is 0 Å². The molecule has 2 N–H and O–H groups in total. The Hall–Kier alpha value is -3.35. The normalized spacial score (nSPS) is 10.9. The molecule has 0 unspecified atom stereocenters. The van der Waals surface area contributed by atoms with E-state index in [4.69, 9.17) is 9.15 Å². The summed E-state index contributed by atoms with van der Waals surface area (Å²) in [7, 11) is 0. The summed E-state index contributed by atoms with van der Waals surface area (Å²) < 4.78 is 10.6. The van der Waals surface area contributed by atoms with Gasteiger partial charge in [0, 0.05) is 23.3 Å². The number of carbonyl (C=O) groups is 1. The second-order valence-corrected chi connectivity index (χ2v) is 6.56. The maximum atomic E-state index is 12.3.